The number of hydrogen-bond donors (Lipinski definition) is 3. The summed E-state index contributed by atoms with van der Waals surface area (Å²) in [6.07, 6.45) is 0.970. The third-order valence-corrected chi connectivity index (χ3v) is 6.03. The number of amides is 1. The first-order chi connectivity index (χ1) is 18.4. The van der Waals surface area contributed by atoms with Gasteiger partial charge in [-0.3, -0.25) is 10.2 Å². The molecule has 0 aliphatic carbocycles. The predicted molar refractivity (Wildman–Crippen MR) is 144 cm³/mol. The van der Waals surface area contributed by atoms with Gasteiger partial charge in [0.1, 0.15) is 11.9 Å². The molecular formula is C27H36N6O5. The molecule has 2 aromatic rings. The van der Waals surface area contributed by atoms with E-state index in [1.807, 2.05) is 38.1 Å². The molecule has 2 aromatic carbocycles. The quantitative estimate of drug-likeness (QED) is 0.105. The number of ether oxygens (including phenoxy) is 3. The first-order valence-electron chi connectivity index (χ1n) is 12.8. The second-order valence-electron chi connectivity index (χ2n) is 9.20. The average molecular weight is 525 g/mol. The monoisotopic (exact) mass is 524 g/mol. The van der Waals surface area contributed by atoms with Crippen molar-refractivity contribution in [3.8, 4) is 5.75 Å². The molecule has 0 spiro atoms. The van der Waals surface area contributed by atoms with E-state index >= 15 is 0 Å². The van der Waals surface area contributed by atoms with Gasteiger partial charge in [0.25, 0.3) is 5.91 Å². The molecule has 1 aliphatic rings. The maximum absolute atomic E-state index is 13.6. The number of rotatable bonds is 15. The van der Waals surface area contributed by atoms with Crippen LogP contribution in [0.4, 0.5) is 5.69 Å². The maximum Gasteiger partial charge on any atom is 0.266 e. The Morgan fingerprint density at radius 1 is 1.21 bits per heavy atom. The molecule has 0 fully saturated rings. The summed E-state index contributed by atoms with van der Waals surface area (Å²) < 4.78 is 17.3. The number of nitrogens with zero attached hydrogens (tertiary/aromatic N) is 4. The van der Waals surface area contributed by atoms with Crippen molar-refractivity contribution in [3.63, 3.8) is 0 Å². The van der Waals surface area contributed by atoms with Crippen LogP contribution in [0.2, 0.25) is 0 Å². The number of azide groups is 1. The summed E-state index contributed by atoms with van der Waals surface area (Å²) in [5.41, 5.74) is 15.3. The number of carbonyl (C=O) groups is 1. The van der Waals surface area contributed by atoms with Gasteiger partial charge < -0.3 is 19.3 Å². The smallest absolute Gasteiger partial charge is 0.266 e. The molecule has 0 saturated heterocycles. The number of aliphatic imine (C=N–C) groups is 1. The molecule has 204 valence electrons. The molecule has 0 saturated carbocycles. The molecule has 38 heavy (non-hydrogen) atoms. The lowest BCUT2D eigenvalue weighted by molar-refractivity contribution is -0.129. The fraction of sp³-hybridized carbons (Fsp3) is 0.481. The van der Waals surface area contributed by atoms with Crippen LogP contribution in [0, 0.1) is 0 Å². The van der Waals surface area contributed by atoms with E-state index < -0.39 is 11.6 Å². The molecule has 11 nitrogen and oxygen atoms in total. The zero-order valence-corrected chi connectivity index (χ0v) is 22.1. The lowest BCUT2D eigenvalue weighted by Crippen LogP contribution is -2.56. The van der Waals surface area contributed by atoms with Gasteiger partial charge in [0.05, 0.1) is 12.7 Å². The molecule has 0 bridgehead atoms. The highest BCUT2D eigenvalue weighted by molar-refractivity contribution is 6.00. The lowest BCUT2D eigenvalue weighted by atomic mass is 9.85. The molecule has 1 heterocycles. The minimum Gasteiger partial charge on any atom is -0.494 e. The van der Waals surface area contributed by atoms with Gasteiger partial charge in [0, 0.05) is 48.8 Å². The third-order valence-electron chi connectivity index (χ3n) is 6.03. The zero-order chi connectivity index (χ0) is 27.4. The second-order valence-corrected chi connectivity index (χ2v) is 9.20. The third kappa shape index (κ3) is 7.69. The van der Waals surface area contributed by atoms with Crippen LogP contribution in [-0.2, 0) is 20.7 Å². The van der Waals surface area contributed by atoms with Crippen LogP contribution in [0.15, 0.2) is 58.6 Å². The Morgan fingerprint density at radius 2 is 1.97 bits per heavy atom. The van der Waals surface area contributed by atoms with Gasteiger partial charge in [-0.15, -0.1) is 0 Å². The van der Waals surface area contributed by atoms with Crippen LogP contribution >= 0.6 is 0 Å². The number of benzene rings is 2. The molecule has 11 heteroatoms. The summed E-state index contributed by atoms with van der Waals surface area (Å²) in [5, 5.41) is 12.7. The summed E-state index contributed by atoms with van der Waals surface area (Å²) >= 11 is 0. The second kappa shape index (κ2) is 14.3. The topological polar surface area (TPSA) is 150 Å². The van der Waals surface area contributed by atoms with Crippen molar-refractivity contribution in [2.75, 3.05) is 26.4 Å². The Hall–Kier alpha value is -3.63. The standard InChI is InChI=1S/C27H36N6O5/c1-19(2)36-16-6-14-29-32-26(35)27(18-22-8-4-5-9-24(22)31-33-28)20(3)38-25(30-27)21-10-12-23(13-11-21)37-17-7-15-34/h4-5,8-13,19-20,29,34H,6-7,14-18H2,1-3H3,(H,32,35)/t20-,27-/m0/s1. The number of aliphatic hydroxyl groups is 1. The van der Waals surface area contributed by atoms with E-state index in [2.05, 4.69) is 20.9 Å². The normalized spacial score (nSPS) is 18.4. The van der Waals surface area contributed by atoms with Gasteiger partial charge in [-0.1, -0.05) is 29.4 Å². The number of hydrogen-bond acceptors (Lipinski definition) is 8. The van der Waals surface area contributed by atoms with Crippen LogP contribution in [0.5, 0.6) is 5.75 Å². The number of aliphatic hydroxyl groups excluding tert-OH is 1. The first kappa shape index (κ1) is 28.9. The van der Waals surface area contributed by atoms with Gasteiger partial charge in [0.2, 0.25) is 5.90 Å². The van der Waals surface area contributed by atoms with Crippen molar-refractivity contribution >= 4 is 17.5 Å². The highest BCUT2D eigenvalue weighted by Gasteiger charge is 2.50. The maximum atomic E-state index is 13.6. The number of hydrazine groups is 1. The van der Waals surface area contributed by atoms with Crippen molar-refractivity contribution in [1.29, 1.82) is 0 Å². The molecule has 3 N–H and O–H groups in total. The fourth-order valence-corrected chi connectivity index (χ4v) is 3.97. The minimum absolute atomic E-state index is 0.0636. The predicted octanol–water partition coefficient (Wildman–Crippen LogP) is 3.97. The zero-order valence-electron chi connectivity index (χ0n) is 22.1. The minimum atomic E-state index is -1.31. The van der Waals surface area contributed by atoms with Crippen molar-refractivity contribution in [2.24, 2.45) is 10.1 Å². The lowest BCUT2D eigenvalue weighted by Gasteiger charge is -2.28. The Kier molecular flexibility index (Phi) is 10.9. The summed E-state index contributed by atoms with van der Waals surface area (Å²) in [6.45, 7) is 7.32. The summed E-state index contributed by atoms with van der Waals surface area (Å²) in [7, 11) is 0. The first-order valence-corrected chi connectivity index (χ1v) is 12.8. The van der Waals surface area contributed by atoms with Gasteiger partial charge in [-0.25, -0.2) is 10.4 Å². The highest BCUT2D eigenvalue weighted by Crippen LogP contribution is 2.35. The number of nitrogens with one attached hydrogen (secondary N) is 2. The Bertz CT molecular complexity index is 1130. The summed E-state index contributed by atoms with van der Waals surface area (Å²) in [5.74, 6) is 0.637. The summed E-state index contributed by atoms with van der Waals surface area (Å²) in [6, 6.07) is 14.3. The van der Waals surface area contributed by atoms with E-state index in [9.17, 15) is 4.79 Å². The van der Waals surface area contributed by atoms with E-state index in [0.29, 0.717) is 54.6 Å². The number of carbonyl (C=O) groups excluding carboxylic acids is 1. The van der Waals surface area contributed by atoms with Crippen molar-refractivity contribution in [1.82, 2.24) is 10.9 Å². The molecule has 1 amide bonds. The Morgan fingerprint density at radius 3 is 2.68 bits per heavy atom. The van der Waals surface area contributed by atoms with Crippen LogP contribution in [0.25, 0.3) is 10.4 Å². The molecule has 0 radical (unpaired) electrons. The molecule has 0 aromatic heterocycles. The van der Waals surface area contributed by atoms with E-state index in [0.717, 1.165) is 6.42 Å². The molecule has 0 unspecified atom stereocenters. The van der Waals surface area contributed by atoms with Crippen molar-refractivity contribution in [2.45, 2.75) is 57.8 Å². The van der Waals surface area contributed by atoms with E-state index in [-0.39, 0.29) is 25.0 Å². The van der Waals surface area contributed by atoms with Gasteiger partial charge >= 0.3 is 0 Å². The molecule has 3 rings (SSSR count). The molecular weight excluding hydrogens is 488 g/mol. The van der Waals surface area contributed by atoms with Crippen molar-refractivity contribution < 1.29 is 24.1 Å². The van der Waals surface area contributed by atoms with Crippen molar-refractivity contribution in [3.05, 3.63) is 70.1 Å². The van der Waals surface area contributed by atoms with Crippen LogP contribution in [-0.4, -0.2) is 61.0 Å². The summed E-state index contributed by atoms with van der Waals surface area (Å²) in [4.78, 5) is 21.4. The van der Waals surface area contributed by atoms with Crippen LogP contribution in [0.3, 0.4) is 0 Å². The Balaban J connectivity index is 1.84. The average Bonchev–Trinajstić information content (AvgIpc) is 3.24. The highest BCUT2D eigenvalue weighted by atomic mass is 16.5. The van der Waals surface area contributed by atoms with E-state index in [4.69, 9.17) is 29.8 Å². The Labute approximate surface area is 222 Å². The van der Waals surface area contributed by atoms with E-state index in [1.165, 1.54) is 0 Å². The van der Waals surface area contributed by atoms with E-state index in [1.54, 1.807) is 31.2 Å². The van der Waals surface area contributed by atoms with Crippen LogP contribution in [0.1, 0.15) is 44.7 Å². The molecule has 1 aliphatic heterocycles. The van der Waals surface area contributed by atoms with Crippen LogP contribution < -0.4 is 15.6 Å². The van der Waals surface area contributed by atoms with Gasteiger partial charge in [0.15, 0.2) is 5.54 Å². The van der Waals surface area contributed by atoms with Gasteiger partial charge in [-0.2, -0.15) is 0 Å². The fourth-order valence-electron chi connectivity index (χ4n) is 3.97. The molecule has 2 atom stereocenters. The SMILES string of the molecule is CC(C)OCCCNNC(=O)[C@@]1(Cc2ccccc2N=[N+]=[N-])N=C(c2ccc(OCCCO)cc2)O[C@H]1C. The largest absolute Gasteiger partial charge is 0.494 e. The van der Waals surface area contributed by atoms with Gasteiger partial charge in [-0.05, 0) is 62.6 Å².